The summed E-state index contributed by atoms with van der Waals surface area (Å²) < 4.78 is 5.13. The largest absolute Gasteiger partial charge is 0.496 e. The van der Waals surface area contributed by atoms with Crippen LogP contribution in [0.25, 0.3) is 0 Å². The zero-order valence-electron chi connectivity index (χ0n) is 7.57. The molecule has 1 amide bonds. The molecule has 1 aromatic heterocycles. The van der Waals surface area contributed by atoms with E-state index in [0.29, 0.717) is 12.2 Å². The second kappa shape index (κ2) is 2.73. The number of ether oxygens (including phenoxy) is 1. The summed E-state index contributed by atoms with van der Waals surface area (Å²) in [6.07, 6.45) is 1.59. The molecule has 4 heteroatoms. The van der Waals surface area contributed by atoms with E-state index < -0.39 is 0 Å². The maximum Gasteiger partial charge on any atom is 0.272 e. The third-order valence-electron chi connectivity index (χ3n) is 2.18. The van der Waals surface area contributed by atoms with E-state index in [1.807, 2.05) is 0 Å². The molecule has 2 heterocycles. The highest BCUT2D eigenvalue weighted by molar-refractivity contribution is 5.96. The van der Waals surface area contributed by atoms with Crippen LogP contribution in [-0.4, -0.2) is 29.9 Å². The lowest BCUT2D eigenvalue weighted by molar-refractivity contribution is 0.0812. The van der Waals surface area contributed by atoms with Gasteiger partial charge in [-0.05, 0) is 6.07 Å². The maximum absolute atomic E-state index is 11.5. The molecule has 0 unspecified atom stereocenters. The van der Waals surface area contributed by atoms with Crippen LogP contribution in [-0.2, 0) is 6.54 Å². The number of carbonyl (C=O) groups excluding carboxylic acids is 1. The van der Waals surface area contributed by atoms with E-state index in [4.69, 9.17) is 4.74 Å². The van der Waals surface area contributed by atoms with Crippen molar-refractivity contribution < 1.29 is 9.53 Å². The molecular weight excluding hydrogens is 168 g/mol. The van der Waals surface area contributed by atoms with Gasteiger partial charge in [0.2, 0.25) is 0 Å². The van der Waals surface area contributed by atoms with Gasteiger partial charge in [-0.1, -0.05) is 0 Å². The second-order valence-corrected chi connectivity index (χ2v) is 3.00. The third-order valence-corrected chi connectivity index (χ3v) is 2.18. The van der Waals surface area contributed by atoms with E-state index in [1.165, 1.54) is 0 Å². The lowest BCUT2D eigenvalue weighted by Crippen LogP contribution is -2.18. The third kappa shape index (κ3) is 1.06. The molecule has 0 bridgehead atoms. The molecule has 1 aliphatic heterocycles. The van der Waals surface area contributed by atoms with Crippen LogP contribution >= 0.6 is 0 Å². The molecule has 0 fully saturated rings. The molecule has 68 valence electrons. The van der Waals surface area contributed by atoms with E-state index in [2.05, 4.69) is 4.98 Å². The molecule has 0 saturated heterocycles. The Labute approximate surface area is 76.1 Å². The molecule has 0 aromatic carbocycles. The lowest BCUT2D eigenvalue weighted by Gasteiger charge is -2.05. The van der Waals surface area contributed by atoms with Gasteiger partial charge in [-0.3, -0.25) is 9.78 Å². The number of methoxy groups -OCH3 is 1. The van der Waals surface area contributed by atoms with E-state index in [1.54, 1.807) is 31.3 Å². The number of hydrogen-bond acceptors (Lipinski definition) is 3. The minimum atomic E-state index is -0.0334. The van der Waals surface area contributed by atoms with Crippen molar-refractivity contribution in [2.24, 2.45) is 0 Å². The summed E-state index contributed by atoms with van der Waals surface area (Å²) >= 11 is 0. The topological polar surface area (TPSA) is 42.4 Å². The summed E-state index contributed by atoms with van der Waals surface area (Å²) in [7, 11) is 3.35. The van der Waals surface area contributed by atoms with Gasteiger partial charge in [-0.25, -0.2) is 0 Å². The number of fused-ring (bicyclic) bond motifs is 1. The number of rotatable bonds is 1. The van der Waals surface area contributed by atoms with Crippen molar-refractivity contribution in [1.29, 1.82) is 0 Å². The van der Waals surface area contributed by atoms with Gasteiger partial charge in [0.05, 0.1) is 13.7 Å². The highest BCUT2D eigenvalue weighted by Gasteiger charge is 2.28. The van der Waals surface area contributed by atoms with Gasteiger partial charge in [0.1, 0.15) is 11.4 Å². The molecule has 0 atom stereocenters. The first-order chi connectivity index (χ1) is 6.24. The molecule has 2 rings (SSSR count). The normalized spacial score (nSPS) is 14.6. The molecule has 0 spiro atoms. The molecule has 4 nitrogen and oxygen atoms in total. The Morgan fingerprint density at radius 3 is 3.08 bits per heavy atom. The van der Waals surface area contributed by atoms with Gasteiger partial charge < -0.3 is 9.64 Å². The molecular formula is C9H10N2O2. The Morgan fingerprint density at radius 1 is 1.62 bits per heavy atom. The average Bonchev–Trinajstić information content (AvgIpc) is 2.43. The fraction of sp³-hybridized carbons (Fsp3) is 0.333. The Morgan fingerprint density at radius 2 is 2.38 bits per heavy atom. The molecule has 1 aromatic rings. The first-order valence-corrected chi connectivity index (χ1v) is 4.01. The number of hydrogen-bond donors (Lipinski definition) is 0. The van der Waals surface area contributed by atoms with E-state index in [0.717, 1.165) is 11.3 Å². The van der Waals surface area contributed by atoms with Gasteiger partial charge in [0, 0.05) is 18.8 Å². The maximum atomic E-state index is 11.5. The molecule has 1 aliphatic rings. The van der Waals surface area contributed by atoms with Crippen LogP contribution < -0.4 is 4.74 Å². The van der Waals surface area contributed by atoms with E-state index in [-0.39, 0.29) is 5.91 Å². The quantitative estimate of drug-likeness (QED) is 0.635. The molecule has 0 saturated carbocycles. The van der Waals surface area contributed by atoms with Crippen molar-refractivity contribution in [1.82, 2.24) is 9.88 Å². The van der Waals surface area contributed by atoms with Gasteiger partial charge in [0.25, 0.3) is 5.91 Å². The first kappa shape index (κ1) is 8.04. The number of amides is 1. The predicted octanol–water partition coefficient (Wildman–Crippen LogP) is 0.676. The van der Waals surface area contributed by atoms with Gasteiger partial charge in [-0.2, -0.15) is 0 Å². The summed E-state index contributed by atoms with van der Waals surface area (Å²) in [5.74, 6) is 0.705. The van der Waals surface area contributed by atoms with Crippen LogP contribution in [0.15, 0.2) is 12.3 Å². The highest BCUT2D eigenvalue weighted by Crippen LogP contribution is 2.27. The molecule has 0 radical (unpaired) electrons. The Hall–Kier alpha value is -1.58. The summed E-state index contributed by atoms with van der Waals surface area (Å²) in [5.41, 5.74) is 1.40. The van der Waals surface area contributed by atoms with Crippen molar-refractivity contribution in [2.45, 2.75) is 6.54 Å². The van der Waals surface area contributed by atoms with Crippen LogP contribution in [0.1, 0.15) is 16.1 Å². The standard InChI is InChI=1S/C9H10N2O2/c1-11-5-6-7(13-2)3-4-10-8(6)9(11)12/h3-4H,5H2,1-2H3. The van der Waals surface area contributed by atoms with Gasteiger partial charge in [0.15, 0.2) is 0 Å². The molecule has 0 N–H and O–H groups in total. The van der Waals surface area contributed by atoms with Gasteiger partial charge in [-0.15, -0.1) is 0 Å². The minimum Gasteiger partial charge on any atom is -0.496 e. The lowest BCUT2D eigenvalue weighted by atomic mass is 10.2. The summed E-state index contributed by atoms with van der Waals surface area (Å²) in [4.78, 5) is 17.1. The van der Waals surface area contributed by atoms with E-state index >= 15 is 0 Å². The van der Waals surface area contributed by atoms with Crippen LogP contribution in [0.3, 0.4) is 0 Å². The summed E-state index contributed by atoms with van der Waals surface area (Å²) in [5, 5.41) is 0. The second-order valence-electron chi connectivity index (χ2n) is 3.00. The fourth-order valence-corrected chi connectivity index (χ4v) is 1.49. The van der Waals surface area contributed by atoms with Crippen molar-refractivity contribution >= 4 is 5.91 Å². The summed E-state index contributed by atoms with van der Waals surface area (Å²) in [6.45, 7) is 0.588. The summed E-state index contributed by atoms with van der Waals surface area (Å²) in [6, 6.07) is 1.77. The monoisotopic (exact) mass is 178 g/mol. The fourth-order valence-electron chi connectivity index (χ4n) is 1.49. The smallest absolute Gasteiger partial charge is 0.272 e. The van der Waals surface area contributed by atoms with Crippen LogP contribution in [0, 0.1) is 0 Å². The number of carbonyl (C=O) groups is 1. The Bertz CT molecular complexity index is 363. The van der Waals surface area contributed by atoms with Crippen LogP contribution in [0.2, 0.25) is 0 Å². The van der Waals surface area contributed by atoms with Crippen LogP contribution in [0.5, 0.6) is 5.75 Å². The minimum absolute atomic E-state index is 0.0334. The zero-order chi connectivity index (χ0) is 9.42. The highest BCUT2D eigenvalue weighted by atomic mass is 16.5. The Kier molecular flexibility index (Phi) is 1.69. The number of pyridine rings is 1. The van der Waals surface area contributed by atoms with Crippen LogP contribution in [0.4, 0.5) is 0 Å². The SMILES string of the molecule is COc1ccnc2c1CN(C)C2=O. The first-order valence-electron chi connectivity index (χ1n) is 4.01. The number of aromatic nitrogens is 1. The molecule has 0 aliphatic carbocycles. The van der Waals surface area contributed by atoms with E-state index in [9.17, 15) is 4.79 Å². The predicted molar refractivity (Wildman–Crippen MR) is 46.6 cm³/mol. The van der Waals surface area contributed by atoms with Gasteiger partial charge >= 0.3 is 0 Å². The average molecular weight is 178 g/mol. The van der Waals surface area contributed by atoms with Crippen molar-refractivity contribution in [2.75, 3.05) is 14.2 Å². The van der Waals surface area contributed by atoms with Crippen molar-refractivity contribution in [3.05, 3.63) is 23.5 Å². The molecule has 13 heavy (non-hydrogen) atoms. The zero-order valence-corrected chi connectivity index (χ0v) is 7.57. The van der Waals surface area contributed by atoms with Crippen molar-refractivity contribution in [3.8, 4) is 5.75 Å². The Balaban J connectivity index is 2.55. The number of nitrogens with zero attached hydrogens (tertiary/aromatic N) is 2. The van der Waals surface area contributed by atoms with Crippen molar-refractivity contribution in [3.63, 3.8) is 0 Å².